The monoisotopic (exact) mass is 406 g/mol. The Kier molecular flexibility index (Phi) is 5.81. The Bertz CT molecular complexity index is 1110. The molecule has 30 heavy (non-hydrogen) atoms. The van der Waals surface area contributed by atoms with Gasteiger partial charge >= 0.3 is 11.4 Å². The van der Waals surface area contributed by atoms with E-state index in [1.54, 1.807) is 0 Å². The maximum Gasteiger partial charge on any atom is 0.355 e. The molecule has 1 saturated heterocycles. The molecule has 1 aliphatic rings. The molecule has 1 aliphatic heterocycles. The summed E-state index contributed by atoms with van der Waals surface area (Å²) in [6.07, 6.45) is 1.28. The Labute approximate surface area is 174 Å². The van der Waals surface area contributed by atoms with Gasteiger partial charge in [-0.25, -0.2) is 14.2 Å². The predicted molar refractivity (Wildman–Crippen MR) is 117 cm³/mol. The van der Waals surface area contributed by atoms with E-state index >= 15 is 0 Å². The van der Waals surface area contributed by atoms with Gasteiger partial charge in [-0.05, 0) is 55.0 Å². The fourth-order valence-corrected chi connectivity index (χ4v) is 3.92. The van der Waals surface area contributed by atoms with Gasteiger partial charge in [-0.15, -0.1) is 0 Å². The van der Waals surface area contributed by atoms with Crippen molar-refractivity contribution in [2.24, 2.45) is 0 Å². The third-order valence-corrected chi connectivity index (χ3v) is 5.61. The van der Waals surface area contributed by atoms with Crippen LogP contribution in [0.3, 0.4) is 0 Å². The number of hydrogen-bond donors (Lipinski definition) is 2. The number of benzene rings is 2. The number of nitrogens with one attached hydrogen (secondary N) is 2. The highest BCUT2D eigenvalue weighted by Crippen LogP contribution is 2.26. The lowest BCUT2D eigenvalue weighted by Gasteiger charge is -2.23. The van der Waals surface area contributed by atoms with Gasteiger partial charge in [0, 0.05) is 19.3 Å². The molecule has 7 nitrogen and oxygen atoms in total. The molecule has 0 spiro atoms. The van der Waals surface area contributed by atoms with E-state index in [4.69, 9.17) is 4.74 Å². The lowest BCUT2D eigenvalue weighted by atomic mass is 9.97. The molecular weight excluding hydrogens is 380 g/mol. The maximum absolute atomic E-state index is 12.5. The van der Waals surface area contributed by atoms with Crippen molar-refractivity contribution < 1.29 is 4.74 Å². The van der Waals surface area contributed by atoms with Crippen LogP contribution in [0.5, 0.6) is 0 Å². The molecule has 156 valence electrons. The van der Waals surface area contributed by atoms with Gasteiger partial charge in [0.25, 0.3) is 0 Å². The fourth-order valence-electron chi connectivity index (χ4n) is 3.92. The molecular formula is C23H26N4O3. The molecule has 7 heteroatoms. The first kappa shape index (κ1) is 20.1. The minimum Gasteiger partial charge on any atom is -0.381 e. The number of nitrogens with zero attached hydrogens (tertiary/aromatic N) is 2. The standard InChI is InChI=1S/C23H26N4O3/c1-15-6-3-4-9-20(15)18-8-5-7-17(14-18)16(2)24-21-25-22(28)27(23(29)26-21)19-10-12-30-13-11-19/h3-9,14,16,19H,10-13H2,1-2H3,(H2,24,25,26,28,29)/t16-/m0/s1. The van der Waals surface area contributed by atoms with Crippen LogP contribution in [0.15, 0.2) is 58.1 Å². The number of aromatic nitrogens is 3. The van der Waals surface area contributed by atoms with Crippen molar-refractivity contribution >= 4 is 5.95 Å². The zero-order valence-electron chi connectivity index (χ0n) is 17.2. The minimum absolute atomic E-state index is 0.143. The molecule has 0 amide bonds. The summed E-state index contributed by atoms with van der Waals surface area (Å²) in [5.41, 5.74) is 3.57. The Balaban J connectivity index is 1.56. The highest BCUT2D eigenvalue weighted by Gasteiger charge is 2.20. The van der Waals surface area contributed by atoms with Crippen LogP contribution in [-0.2, 0) is 4.74 Å². The molecule has 3 aromatic rings. The molecule has 2 heterocycles. The molecule has 0 aliphatic carbocycles. The van der Waals surface area contributed by atoms with Gasteiger partial charge in [-0.3, -0.25) is 4.98 Å². The third kappa shape index (κ3) is 4.21. The number of H-pyrrole nitrogens is 1. The molecule has 0 bridgehead atoms. The molecule has 1 fully saturated rings. The van der Waals surface area contributed by atoms with E-state index in [0.29, 0.717) is 26.1 Å². The zero-order valence-corrected chi connectivity index (χ0v) is 17.2. The SMILES string of the molecule is Cc1ccccc1-c1cccc([C@H](C)Nc2nc(=O)n(C3CCOCC3)c(=O)[nH]2)c1. The summed E-state index contributed by atoms with van der Waals surface area (Å²) in [7, 11) is 0. The normalized spacial score (nSPS) is 15.7. The van der Waals surface area contributed by atoms with E-state index in [1.165, 1.54) is 15.7 Å². The maximum atomic E-state index is 12.5. The van der Waals surface area contributed by atoms with E-state index in [9.17, 15) is 9.59 Å². The lowest BCUT2D eigenvalue weighted by Crippen LogP contribution is -2.42. The van der Waals surface area contributed by atoms with Gasteiger partial charge in [0.15, 0.2) is 0 Å². The van der Waals surface area contributed by atoms with Crippen LogP contribution in [0.25, 0.3) is 11.1 Å². The quantitative estimate of drug-likeness (QED) is 0.678. The van der Waals surface area contributed by atoms with Gasteiger partial charge < -0.3 is 10.1 Å². The van der Waals surface area contributed by atoms with Crippen molar-refractivity contribution in [3.05, 3.63) is 80.6 Å². The summed E-state index contributed by atoms with van der Waals surface area (Å²) in [5.74, 6) is 0.183. The Morgan fingerprint density at radius 3 is 2.63 bits per heavy atom. The van der Waals surface area contributed by atoms with Crippen molar-refractivity contribution in [3.8, 4) is 11.1 Å². The van der Waals surface area contributed by atoms with E-state index in [-0.39, 0.29) is 18.0 Å². The van der Waals surface area contributed by atoms with Crippen LogP contribution in [0.2, 0.25) is 0 Å². The van der Waals surface area contributed by atoms with E-state index in [1.807, 2.05) is 31.2 Å². The summed E-state index contributed by atoms with van der Waals surface area (Å²) >= 11 is 0. The summed E-state index contributed by atoms with van der Waals surface area (Å²) in [6, 6.07) is 16.1. The molecule has 0 radical (unpaired) electrons. The highest BCUT2D eigenvalue weighted by molar-refractivity contribution is 5.67. The van der Waals surface area contributed by atoms with E-state index < -0.39 is 11.4 Å². The summed E-state index contributed by atoms with van der Waals surface area (Å²) in [5, 5.41) is 3.16. The van der Waals surface area contributed by atoms with Crippen LogP contribution < -0.4 is 16.7 Å². The molecule has 2 aromatic carbocycles. The average Bonchev–Trinajstić information content (AvgIpc) is 2.74. The minimum atomic E-state index is -0.533. The van der Waals surface area contributed by atoms with Crippen molar-refractivity contribution in [2.45, 2.75) is 38.8 Å². The largest absolute Gasteiger partial charge is 0.381 e. The second-order valence-corrected chi connectivity index (χ2v) is 7.69. The van der Waals surface area contributed by atoms with Gasteiger partial charge in [0.05, 0.1) is 6.04 Å². The second-order valence-electron chi connectivity index (χ2n) is 7.69. The molecule has 0 unspecified atom stereocenters. The second kappa shape index (κ2) is 8.67. The molecule has 4 rings (SSSR count). The molecule has 1 atom stereocenters. The number of hydrogen-bond acceptors (Lipinski definition) is 5. The summed E-state index contributed by atoms with van der Waals surface area (Å²) in [4.78, 5) is 31.8. The van der Waals surface area contributed by atoms with Crippen LogP contribution in [0, 0.1) is 6.92 Å². The van der Waals surface area contributed by atoms with E-state index in [0.717, 1.165) is 11.1 Å². The third-order valence-electron chi connectivity index (χ3n) is 5.61. The molecule has 0 saturated carbocycles. The van der Waals surface area contributed by atoms with Crippen molar-refractivity contribution in [3.63, 3.8) is 0 Å². The number of anilines is 1. The van der Waals surface area contributed by atoms with Crippen LogP contribution in [0.4, 0.5) is 5.95 Å². The predicted octanol–water partition coefficient (Wildman–Crippen LogP) is 3.43. The highest BCUT2D eigenvalue weighted by atomic mass is 16.5. The number of aromatic amines is 1. The molecule has 1 aromatic heterocycles. The first-order valence-corrected chi connectivity index (χ1v) is 10.3. The zero-order chi connectivity index (χ0) is 21.1. The van der Waals surface area contributed by atoms with E-state index in [2.05, 4.69) is 46.5 Å². The average molecular weight is 406 g/mol. The first-order chi connectivity index (χ1) is 14.5. The van der Waals surface area contributed by atoms with Gasteiger partial charge in [0.2, 0.25) is 5.95 Å². The molecule has 2 N–H and O–H groups in total. The number of aryl methyl sites for hydroxylation is 1. The Morgan fingerprint density at radius 1 is 1.13 bits per heavy atom. The van der Waals surface area contributed by atoms with Crippen LogP contribution >= 0.6 is 0 Å². The number of rotatable bonds is 5. The summed E-state index contributed by atoms with van der Waals surface area (Å²) < 4.78 is 6.52. The van der Waals surface area contributed by atoms with Crippen LogP contribution in [0.1, 0.15) is 43.0 Å². The number of ether oxygens (including phenoxy) is 1. The van der Waals surface area contributed by atoms with Crippen molar-refractivity contribution in [1.82, 2.24) is 14.5 Å². The first-order valence-electron chi connectivity index (χ1n) is 10.3. The Hall–Kier alpha value is -3.19. The van der Waals surface area contributed by atoms with Gasteiger partial charge in [0.1, 0.15) is 0 Å². The Morgan fingerprint density at radius 2 is 1.90 bits per heavy atom. The summed E-state index contributed by atoms with van der Waals surface area (Å²) in [6.45, 7) is 5.16. The van der Waals surface area contributed by atoms with Crippen molar-refractivity contribution in [2.75, 3.05) is 18.5 Å². The fraction of sp³-hybridized carbons (Fsp3) is 0.348. The van der Waals surface area contributed by atoms with Gasteiger partial charge in [-0.2, -0.15) is 4.98 Å². The topological polar surface area (TPSA) is 89.0 Å². The van der Waals surface area contributed by atoms with Crippen molar-refractivity contribution in [1.29, 1.82) is 0 Å². The van der Waals surface area contributed by atoms with Crippen LogP contribution in [-0.4, -0.2) is 27.7 Å². The smallest absolute Gasteiger partial charge is 0.355 e. The lowest BCUT2D eigenvalue weighted by molar-refractivity contribution is 0.0670. The van der Waals surface area contributed by atoms with Gasteiger partial charge in [-0.1, -0.05) is 42.5 Å².